The van der Waals surface area contributed by atoms with Crippen LogP contribution in [-0.4, -0.2) is 41.5 Å². The SMILES string of the molecule is Cc1cccc(CCC(=O)N2CC(CCl)OC(C)(C)C2)c1. The highest BCUT2D eigenvalue weighted by Crippen LogP contribution is 2.22. The molecule has 3 nitrogen and oxygen atoms in total. The number of rotatable bonds is 4. The van der Waals surface area contributed by atoms with Crippen molar-refractivity contribution >= 4 is 17.5 Å². The molecular formula is C17H24ClNO2. The number of carbonyl (C=O) groups is 1. The van der Waals surface area contributed by atoms with Crippen LogP contribution in [0.5, 0.6) is 0 Å². The third kappa shape index (κ3) is 4.72. The van der Waals surface area contributed by atoms with Gasteiger partial charge in [0, 0.05) is 19.5 Å². The largest absolute Gasteiger partial charge is 0.367 e. The van der Waals surface area contributed by atoms with E-state index in [-0.39, 0.29) is 17.6 Å². The number of benzene rings is 1. The minimum absolute atomic E-state index is 0.0710. The molecule has 0 bridgehead atoms. The molecule has 0 aromatic heterocycles. The maximum absolute atomic E-state index is 12.4. The van der Waals surface area contributed by atoms with Crippen LogP contribution < -0.4 is 0 Å². The topological polar surface area (TPSA) is 29.5 Å². The molecule has 0 aliphatic carbocycles. The van der Waals surface area contributed by atoms with E-state index in [2.05, 4.69) is 25.1 Å². The molecule has 0 saturated carbocycles. The summed E-state index contributed by atoms with van der Waals surface area (Å²) in [5.41, 5.74) is 2.12. The van der Waals surface area contributed by atoms with Gasteiger partial charge in [0.05, 0.1) is 17.6 Å². The Kier molecular flexibility index (Phi) is 5.28. The number of morpholine rings is 1. The lowest BCUT2D eigenvalue weighted by Gasteiger charge is -2.42. The first-order valence-electron chi connectivity index (χ1n) is 7.47. The van der Waals surface area contributed by atoms with E-state index in [1.165, 1.54) is 11.1 Å². The van der Waals surface area contributed by atoms with Gasteiger partial charge in [-0.1, -0.05) is 29.8 Å². The molecule has 4 heteroatoms. The normalized spacial score (nSPS) is 21.3. The molecule has 1 aromatic rings. The Bertz CT molecular complexity index is 501. The number of hydrogen-bond acceptors (Lipinski definition) is 2. The molecule has 1 unspecified atom stereocenters. The van der Waals surface area contributed by atoms with Crippen LogP contribution in [-0.2, 0) is 16.0 Å². The van der Waals surface area contributed by atoms with Crippen molar-refractivity contribution in [2.75, 3.05) is 19.0 Å². The summed E-state index contributed by atoms with van der Waals surface area (Å²) in [7, 11) is 0. The van der Waals surface area contributed by atoms with Crippen molar-refractivity contribution in [1.29, 1.82) is 0 Å². The van der Waals surface area contributed by atoms with E-state index < -0.39 is 0 Å². The Balaban J connectivity index is 1.93. The molecule has 1 amide bonds. The average molecular weight is 310 g/mol. The Labute approximate surface area is 132 Å². The third-order valence-electron chi connectivity index (χ3n) is 3.72. The van der Waals surface area contributed by atoms with Gasteiger partial charge >= 0.3 is 0 Å². The van der Waals surface area contributed by atoms with Crippen molar-refractivity contribution < 1.29 is 9.53 Å². The molecule has 1 aliphatic heterocycles. The first-order chi connectivity index (χ1) is 9.89. The van der Waals surface area contributed by atoms with E-state index >= 15 is 0 Å². The predicted molar refractivity (Wildman–Crippen MR) is 85.8 cm³/mol. The van der Waals surface area contributed by atoms with Crippen molar-refractivity contribution in [3.05, 3.63) is 35.4 Å². The maximum Gasteiger partial charge on any atom is 0.223 e. The van der Waals surface area contributed by atoms with E-state index in [1.807, 2.05) is 24.8 Å². The zero-order valence-electron chi connectivity index (χ0n) is 13.1. The van der Waals surface area contributed by atoms with E-state index in [1.54, 1.807) is 0 Å². The second-order valence-electron chi connectivity index (χ2n) is 6.42. The van der Waals surface area contributed by atoms with Gasteiger partial charge in [0.15, 0.2) is 0 Å². The number of carbonyl (C=O) groups excluding carboxylic acids is 1. The molecule has 2 rings (SSSR count). The Morgan fingerprint density at radius 3 is 2.90 bits per heavy atom. The Morgan fingerprint density at radius 2 is 2.24 bits per heavy atom. The zero-order chi connectivity index (χ0) is 15.5. The van der Waals surface area contributed by atoms with Crippen molar-refractivity contribution in [2.45, 2.75) is 45.3 Å². The van der Waals surface area contributed by atoms with Crippen LogP contribution in [0, 0.1) is 6.92 Å². The van der Waals surface area contributed by atoms with Gasteiger partial charge in [-0.15, -0.1) is 11.6 Å². The highest BCUT2D eigenvalue weighted by molar-refractivity contribution is 6.18. The molecular weight excluding hydrogens is 286 g/mol. The summed E-state index contributed by atoms with van der Waals surface area (Å²) in [4.78, 5) is 14.3. The van der Waals surface area contributed by atoms with E-state index in [0.717, 1.165) is 6.42 Å². The van der Waals surface area contributed by atoms with Gasteiger partial charge < -0.3 is 9.64 Å². The summed E-state index contributed by atoms with van der Waals surface area (Å²) < 4.78 is 5.86. The number of ether oxygens (including phenoxy) is 1. The number of hydrogen-bond donors (Lipinski definition) is 0. The third-order valence-corrected chi connectivity index (χ3v) is 4.06. The fourth-order valence-electron chi connectivity index (χ4n) is 2.84. The van der Waals surface area contributed by atoms with E-state index in [9.17, 15) is 4.79 Å². The second kappa shape index (κ2) is 6.80. The number of aryl methyl sites for hydroxylation is 2. The fourth-order valence-corrected chi connectivity index (χ4v) is 3.00. The highest BCUT2D eigenvalue weighted by Gasteiger charge is 2.34. The molecule has 0 N–H and O–H groups in total. The smallest absolute Gasteiger partial charge is 0.223 e. The van der Waals surface area contributed by atoms with Crippen LogP contribution in [0.1, 0.15) is 31.4 Å². The van der Waals surface area contributed by atoms with Crippen molar-refractivity contribution in [2.24, 2.45) is 0 Å². The van der Waals surface area contributed by atoms with Crippen LogP contribution in [0.2, 0.25) is 0 Å². The molecule has 1 aliphatic rings. The quantitative estimate of drug-likeness (QED) is 0.800. The Hall–Kier alpha value is -1.06. The number of halogens is 1. The maximum atomic E-state index is 12.4. The van der Waals surface area contributed by atoms with Gasteiger partial charge in [-0.05, 0) is 32.8 Å². The predicted octanol–water partition coefficient (Wildman–Crippen LogP) is 3.17. The van der Waals surface area contributed by atoms with Crippen molar-refractivity contribution in [3.63, 3.8) is 0 Å². The zero-order valence-corrected chi connectivity index (χ0v) is 13.8. The summed E-state index contributed by atoms with van der Waals surface area (Å²) in [5.74, 6) is 0.605. The summed E-state index contributed by atoms with van der Waals surface area (Å²) in [6.45, 7) is 7.31. The van der Waals surface area contributed by atoms with E-state index in [4.69, 9.17) is 16.3 Å². The molecule has 0 radical (unpaired) electrons. The number of nitrogens with zero attached hydrogens (tertiary/aromatic N) is 1. The molecule has 116 valence electrons. The molecule has 0 spiro atoms. The lowest BCUT2D eigenvalue weighted by molar-refractivity contribution is -0.157. The van der Waals surface area contributed by atoms with Crippen LogP contribution in [0.3, 0.4) is 0 Å². The summed E-state index contributed by atoms with van der Waals surface area (Å²) >= 11 is 5.91. The number of alkyl halides is 1. The second-order valence-corrected chi connectivity index (χ2v) is 6.73. The van der Waals surface area contributed by atoms with Gasteiger partial charge in [0.2, 0.25) is 5.91 Å². The van der Waals surface area contributed by atoms with E-state index in [0.29, 0.717) is 25.4 Å². The molecule has 1 aromatic carbocycles. The monoisotopic (exact) mass is 309 g/mol. The standard InChI is InChI=1S/C17H24ClNO2/c1-13-5-4-6-14(9-13)7-8-16(20)19-11-15(10-18)21-17(2,3)12-19/h4-6,9,15H,7-8,10-12H2,1-3H3. The molecule has 1 atom stereocenters. The van der Waals surface area contributed by atoms with Crippen LogP contribution in [0.15, 0.2) is 24.3 Å². The summed E-state index contributed by atoms with van der Waals surface area (Å²) in [5, 5.41) is 0. The van der Waals surface area contributed by atoms with Gasteiger partial charge in [-0.25, -0.2) is 0 Å². The summed E-state index contributed by atoms with van der Waals surface area (Å²) in [6, 6.07) is 8.32. The van der Waals surface area contributed by atoms with Crippen LogP contribution >= 0.6 is 11.6 Å². The van der Waals surface area contributed by atoms with Crippen molar-refractivity contribution in [3.8, 4) is 0 Å². The molecule has 1 saturated heterocycles. The lowest BCUT2D eigenvalue weighted by atomic mass is 10.0. The highest BCUT2D eigenvalue weighted by atomic mass is 35.5. The molecule has 1 fully saturated rings. The van der Waals surface area contributed by atoms with Gasteiger partial charge in [-0.2, -0.15) is 0 Å². The minimum Gasteiger partial charge on any atom is -0.367 e. The first-order valence-corrected chi connectivity index (χ1v) is 8.00. The molecule has 1 heterocycles. The summed E-state index contributed by atoms with van der Waals surface area (Å²) in [6.07, 6.45) is 1.25. The average Bonchev–Trinajstić information content (AvgIpc) is 2.43. The number of amides is 1. The van der Waals surface area contributed by atoms with Gasteiger partial charge in [0.25, 0.3) is 0 Å². The van der Waals surface area contributed by atoms with Crippen LogP contribution in [0.4, 0.5) is 0 Å². The van der Waals surface area contributed by atoms with Crippen LogP contribution in [0.25, 0.3) is 0 Å². The fraction of sp³-hybridized carbons (Fsp3) is 0.588. The Morgan fingerprint density at radius 1 is 1.48 bits per heavy atom. The lowest BCUT2D eigenvalue weighted by Crippen LogP contribution is -2.55. The molecule has 21 heavy (non-hydrogen) atoms. The van der Waals surface area contributed by atoms with Gasteiger partial charge in [0.1, 0.15) is 0 Å². The van der Waals surface area contributed by atoms with Crippen molar-refractivity contribution in [1.82, 2.24) is 4.90 Å². The first kappa shape index (κ1) is 16.3. The minimum atomic E-state index is -0.323. The van der Waals surface area contributed by atoms with Gasteiger partial charge in [-0.3, -0.25) is 4.79 Å².